The van der Waals surface area contributed by atoms with E-state index in [-0.39, 0.29) is 101 Å². The molecule has 8 atom stereocenters. The molecule has 0 unspecified atom stereocenters. The van der Waals surface area contributed by atoms with Crippen LogP contribution in [0.1, 0.15) is 101 Å². The molecule has 1 saturated heterocycles. The van der Waals surface area contributed by atoms with E-state index in [4.69, 9.17) is 22.9 Å². The third-order valence-corrected chi connectivity index (χ3v) is 13.2. The summed E-state index contributed by atoms with van der Waals surface area (Å²) in [5.74, 6) is -8.23. The van der Waals surface area contributed by atoms with Crippen LogP contribution in [0, 0.1) is 23.7 Å². The SMILES string of the molecule is CC(C)C[C@@H]1NC(=O)[C@@H](Cc2ccccc2)CC(=O)[C@H](CCN)NC(=O)[C@@H](CC(=O)[C@@H](CCN)NC(=O)c2ccc(-c3ccccc3)cc2)CCNC(=O)[C@H](CC(C)C)NC(=O)[C@H](CCN)NC(=O)[C@H](CCN)NC1=O. The van der Waals surface area contributed by atoms with Gasteiger partial charge in [-0.15, -0.1) is 0 Å². The number of carbonyl (C=O) groups excluding carboxylic acids is 9. The first kappa shape index (κ1) is 61.7. The van der Waals surface area contributed by atoms with Gasteiger partial charge in [-0.2, -0.15) is 0 Å². The average Bonchev–Trinajstić information content (AvgIpc) is 3.39. The highest BCUT2D eigenvalue weighted by atomic mass is 16.2. The van der Waals surface area contributed by atoms with Crippen molar-refractivity contribution in [3.05, 3.63) is 96.1 Å². The predicted molar refractivity (Wildman–Crippen MR) is 290 cm³/mol. The topological polar surface area (TPSA) is 342 Å². The van der Waals surface area contributed by atoms with E-state index in [1.807, 2.05) is 58.0 Å². The first-order valence-corrected chi connectivity index (χ1v) is 26.5. The molecule has 1 aliphatic rings. The van der Waals surface area contributed by atoms with Gasteiger partial charge in [-0.25, -0.2) is 0 Å². The molecular formula is C56H81N11O9. The Kier molecular flexibility index (Phi) is 25.9. The standard InChI is InChI=1S/C56H81N11O9/c1-34(2)29-46-53(73)61-28-23-40(32-48(68)42(19-24-57)62-50(70)39-17-15-38(16-18-39)37-13-9-6-10-14-37)51(71)63-43(20-25-58)49(69)33-41(31-36-11-7-5-8-12-36)52(72)66-47(30-35(3)4)56(76)65-44(21-26-59)54(74)64-45(22-27-60)55(75)67-46/h5-18,34-35,40-47H,19-33,57-60H2,1-4H3,(H,61,73)(H,62,70)(H,63,71)(H,64,74)(H,65,76)(H,66,72)(H,67,75)/t40-,41+,42-,43+,44+,45+,46+,47+/m1/s1. The first-order chi connectivity index (χ1) is 36.4. The number of nitrogens with one attached hydrogen (secondary N) is 7. The number of hydrogen-bond acceptors (Lipinski definition) is 13. The molecule has 4 rings (SSSR count). The molecule has 0 aliphatic carbocycles. The highest BCUT2D eigenvalue weighted by Crippen LogP contribution is 2.22. The number of rotatable bonds is 20. The van der Waals surface area contributed by atoms with E-state index in [9.17, 15) is 43.2 Å². The molecule has 20 heteroatoms. The van der Waals surface area contributed by atoms with Crippen molar-refractivity contribution in [3.63, 3.8) is 0 Å². The Labute approximate surface area is 446 Å². The van der Waals surface area contributed by atoms with Gasteiger partial charge in [0.15, 0.2) is 11.6 Å². The van der Waals surface area contributed by atoms with Crippen LogP contribution in [0.4, 0.5) is 0 Å². The molecule has 0 saturated carbocycles. The number of benzene rings is 3. The van der Waals surface area contributed by atoms with Gasteiger partial charge >= 0.3 is 0 Å². The van der Waals surface area contributed by atoms with Gasteiger partial charge in [-0.05, 0) is 118 Å². The lowest BCUT2D eigenvalue weighted by molar-refractivity contribution is -0.136. The maximum absolute atomic E-state index is 14.6. The molecule has 3 aromatic carbocycles. The molecule has 0 aromatic heterocycles. The van der Waals surface area contributed by atoms with E-state index in [1.54, 1.807) is 54.6 Å². The fourth-order valence-corrected chi connectivity index (χ4v) is 9.06. The summed E-state index contributed by atoms with van der Waals surface area (Å²) in [6.07, 6.45) is -0.667. The summed E-state index contributed by atoms with van der Waals surface area (Å²) in [5.41, 5.74) is 26.7. The number of hydrogen-bond donors (Lipinski definition) is 11. The van der Waals surface area contributed by atoms with Crippen LogP contribution in [0.25, 0.3) is 11.1 Å². The number of Topliss-reactive ketones (excluding diaryl/α,β-unsaturated/α-hetero) is 2. The normalized spacial score (nSPS) is 22.3. The quantitative estimate of drug-likeness (QED) is 0.0761. The van der Waals surface area contributed by atoms with Gasteiger partial charge in [-0.1, -0.05) is 100 Å². The minimum atomic E-state index is -1.24. The van der Waals surface area contributed by atoms with Crippen molar-refractivity contribution in [2.75, 3.05) is 32.7 Å². The minimum Gasteiger partial charge on any atom is -0.354 e. The van der Waals surface area contributed by atoms with Gasteiger partial charge in [0, 0.05) is 36.8 Å². The fourth-order valence-electron chi connectivity index (χ4n) is 9.06. The van der Waals surface area contributed by atoms with Crippen molar-refractivity contribution < 1.29 is 43.2 Å². The van der Waals surface area contributed by atoms with E-state index >= 15 is 0 Å². The average molecular weight is 1050 g/mol. The van der Waals surface area contributed by atoms with Crippen LogP contribution >= 0.6 is 0 Å². The Morgan fingerprint density at radius 1 is 0.539 bits per heavy atom. The molecule has 3 aromatic rings. The highest BCUT2D eigenvalue weighted by molar-refractivity contribution is 6.00. The van der Waals surface area contributed by atoms with Crippen LogP contribution in [-0.4, -0.2) is 122 Å². The van der Waals surface area contributed by atoms with Gasteiger partial charge in [0.05, 0.1) is 12.1 Å². The molecular weight excluding hydrogens is 971 g/mol. The van der Waals surface area contributed by atoms with Crippen molar-refractivity contribution in [1.29, 1.82) is 0 Å². The van der Waals surface area contributed by atoms with Crippen molar-refractivity contribution in [2.24, 2.45) is 46.6 Å². The molecule has 15 N–H and O–H groups in total. The maximum atomic E-state index is 14.6. The summed E-state index contributed by atoms with van der Waals surface area (Å²) in [6.45, 7) is 7.12. The van der Waals surface area contributed by atoms with Crippen molar-refractivity contribution in [2.45, 2.75) is 128 Å². The monoisotopic (exact) mass is 1050 g/mol. The molecule has 76 heavy (non-hydrogen) atoms. The summed E-state index contributed by atoms with van der Waals surface area (Å²) >= 11 is 0. The van der Waals surface area contributed by atoms with Crippen LogP contribution in [0.5, 0.6) is 0 Å². The number of amides is 7. The molecule has 0 bridgehead atoms. The third kappa shape index (κ3) is 20.0. The number of carbonyl (C=O) groups is 9. The maximum Gasteiger partial charge on any atom is 0.251 e. The molecule has 1 aliphatic heterocycles. The summed E-state index contributed by atoms with van der Waals surface area (Å²) < 4.78 is 0. The summed E-state index contributed by atoms with van der Waals surface area (Å²) in [5, 5.41) is 19.3. The minimum absolute atomic E-state index is 0.0112. The van der Waals surface area contributed by atoms with Crippen LogP contribution < -0.4 is 60.2 Å². The lowest BCUT2D eigenvalue weighted by Gasteiger charge is -2.28. The van der Waals surface area contributed by atoms with Gasteiger partial charge < -0.3 is 60.2 Å². The number of nitrogens with two attached hydrogens (primary N) is 4. The second-order valence-electron chi connectivity index (χ2n) is 20.3. The highest BCUT2D eigenvalue weighted by Gasteiger charge is 2.36. The van der Waals surface area contributed by atoms with Crippen LogP contribution in [0.15, 0.2) is 84.9 Å². The Morgan fingerprint density at radius 3 is 1.54 bits per heavy atom. The van der Waals surface area contributed by atoms with Crippen LogP contribution in [0.2, 0.25) is 0 Å². The zero-order chi connectivity index (χ0) is 55.7. The second kappa shape index (κ2) is 31.9. The molecule has 1 heterocycles. The van der Waals surface area contributed by atoms with Gasteiger partial charge in [0.1, 0.15) is 24.2 Å². The Hall–Kier alpha value is -6.87. The van der Waals surface area contributed by atoms with E-state index in [0.29, 0.717) is 5.56 Å². The second-order valence-corrected chi connectivity index (χ2v) is 20.3. The molecule has 0 radical (unpaired) electrons. The molecule has 0 spiro atoms. The predicted octanol–water partition coefficient (Wildman–Crippen LogP) is 1.28. The fraction of sp³-hybridized carbons (Fsp3) is 0.518. The van der Waals surface area contributed by atoms with E-state index in [0.717, 1.165) is 11.1 Å². The Balaban J connectivity index is 1.74. The Morgan fingerprint density at radius 2 is 1.00 bits per heavy atom. The molecule has 414 valence electrons. The molecule has 20 nitrogen and oxygen atoms in total. The van der Waals surface area contributed by atoms with Crippen molar-refractivity contribution in [1.82, 2.24) is 37.2 Å². The van der Waals surface area contributed by atoms with E-state index < -0.39 is 114 Å². The van der Waals surface area contributed by atoms with Gasteiger partial charge in [-0.3, -0.25) is 43.2 Å². The zero-order valence-electron chi connectivity index (χ0n) is 44.4. The number of ketones is 2. The lowest BCUT2D eigenvalue weighted by Crippen LogP contribution is -2.59. The van der Waals surface area contributed by atoms with E-state index in [2.05, 4.69) is 37.2 Å². The first-order valence-electron chi connectivity index (χ1n) is 26.5. The summed E-state index contributed by atoms with van der Waals surface area (Å²) in [4.78, 5) is 128. The van der Waals surface area contributed by atoms with E-state index in [1.165, 1.54) is 0 Å². The Bertz CT molecular complexity index is 2390. The lowest BCUT2D eigenvalue weighted by atomic mass is 9.89. The smallest absolute Gasteiger partial charge is 0.251 e. The van der Waals surface area contributed by atoms with Gasteiger partial charge in [0.2, 0.25) is 35.4 Å². The molecule has 7 amide bonds. The van der Waals surface area contributed by atoms with Crippen LogP contribution in [-0.2, 0) is 44.8 Å². The summed E-state index contributed by atoms with van der Waals surface area (Å²) in [6, 6.07) is 18.3. The van der Waals surface area contributed by atoms with Crippen molar-refractivity contribution in [3.8, 4) is 11.1 Å². The molecule has 1 fully saturated rings. The zero-order valence-corrected chi connectivity index (χ0v) is 44.4. The van der Waals surface area contributed by atoms with Crippen LogP contribution in [0.3, 0.4) is 0 Å². The third-order valence-electron chi connectivity index (χ3n) is 13.2. The van der Waals surface area contributed by atoms with Gasteiger partial charge in [0.25, 0.3) is 5.91 Å². The summed E-state index contributed by atoms with van der Waals surface area (Å²) in [7, 11) is 0. The largest absolute Gasteiger partial charge is 0.354 e. The van der Waals surface area contributed by atoms with Crippen molar-refractivity contribution >= 4 is 52.9 Å².